The van der Waals surface area contributed by atoms with Gasteiger partial charge in [0.15, 0.2) is 0 Å². The highest BCUT2D eigenvalue weighted by Gasteiger charge is 2.53. The van der Waals surface area contributed by atoms with Crippen molar-refractivity contribution in [2.45, 2.75) is 56.1 Å². The van der Waals surface area contributed by atoms with Gasteiger partial charge in [0.05, 0.1) is 17.6 Å². The Morgan fingerprint density at radius 1 is 1.25 bits per heavy atom. The smallest absolute Gasteiger partial charge is 0.231 e. The molecule has 3 rings (SSSR count). The zero-order valence-electron chi connectivity index (χ0n) is 11.4. The van der Waals surface area contributed by atoms with Crippen molar-refractivity contribution in [2.24, 2.45) is 0 Å². The van der Waals surface area contributed by atoms with E-state index < -0.39 is 11.5 Å². The van der Waals surface area contributed by atoms with Crippen LogP contribution in [0.5, 0.6) is 0 Å². The van der Waals surface area contributed by atoms with Gasteiger partial charge in [-0.05, 0) is 31.7 Å². The number of nitrogens with one attached hydrogen (secondary N) is 1. The maximum Gasteiger partial charge on any atom is 0.231 e. The SMILES string of the molecule is O=C(NC1CCCCC1O)C1(c2ccccc2F)CC1. The molecular formula is C16H20FNO2. The van der Waals surface area contributed by atoms with E-state index in [9.17, 15) is 14.3 Å². The van der Waals surface area contributed by atoms with Gasteiger partial charge in [-0.3, -0.25) is 4.79 Å². The topological polar surface area (TPSA) is 49.3 Å². The van der Waals surface area contributed by atoms with E-state index in [1.165, 1.54) is 6.07 Å². The molecule has 2 unspecified atom stereocenters. The molecule has 108 valence electrons. The van der Waals surface area contributed by atoms with Gasteiger partial charge in [0.2, 0.25) is 5.91 Å². The molecule has 2 atom stereocenters. The molecule has 0 aromatic heterocycles. The number of rotatable bonds is 3. The van der Waals surface area contributed by atoms with Crippen LogP contribution in [0.15, 0.2) is 24.3 Å². The van der Waals surface area contributed by atoms with Crippen molar-refractivity contribution in [2.75, 3.05) is 0 Å². The van der Waals surface area contributed by atoms with Crippen molar-refractivity contribution in [1.29, 1.82) is 0 Å². The van der Waals surface area contributed by atoms with Crippen LogP contribution in [0.2, 0.25) is 0 Å². The minimum atomic E-state index is -0.706. The van der Waals surface area contributed by atoms with Gasteiger partial charge in [-0.2, -0.15) is 0 Å². The van der Waals surface area contributed by atoms with E-state index >= 15 is 0 Å². The Morgan fingerprint density at radius 2 is 1.95 bits per heavy atom. The van der Waals surface area contributed by atoms with Gasteiger partial charge < -0.3 is 10.4 Å². The lowest BCUT2D eigenvalue weighted by Crippen LogP contribution is -2.48. The summed E-state index contributed by atoms with van der Waals surface area (Å²) in [5.41, 5.74) is -0.217. The minimum absolute atomic E-state index is 0.131. The average Bonchev–Trinajstić information content (AvgIpc) is 3.23. The third-order valence-corrected chi connectivity index (χ3v) is 4.62. The molecule has 0 aliphatic heterocycles. The van der Waals surface area contributed by atoms with Crippen molar-refractivity contribution in [1.82, 2.24) is 5.32 Å². The molecule has 2 aliphatic rings. The van der Waals surface area contributed by atoms with Crippen LogP contribution in [0, 0.1) is 5.82 Å². The maximum absolute atomic E-state index is 13.9. The first-order valence-corrected chi connectivity index (χ1v) is 7.37. The van der Waals surface area contributed by atoms with E-state index in [2.05, 4.69) is 5.32 Å². The molecule has 3 nitrogen and oxygen atoms in total. The van der Waals surface area contributed by atoms with Crippen molar-refractivity contribution < 1.29 is 14.3 Å². The molecule has 0 saturated heterocycles. The second-order valence-corrected chi connectivity index (χ2v) is 5.99. The van der Waals surface area contributed by atoms with Crippen LogP contribution in [0.1, 0.15) is 44.1 Å². The van der Waals surface area contributed by atoms with E-state index in [0.29, 0.717) is 18.4 Å². The molecule has 2 N–H and O–H groups in total. The summed E-state index contributed by atoms with van der Waals surface area (Å²) in [7, 11) is 0. The lowest BCUT2D eigenvalue weighted by molar-refractivity contribution is -0.125. The lowest BCUT2D eigenvalue weighted by atomic mass is 9.90. The summed E-state index contributed by atoms with van der Waals surface area (Å²) >= 11 is 0. The maximum atomic E-state index is 13.9. The van der Waals surface area contributed by atoms with E-state index in [4.69, 9.17) is 0 Å². The van der Waals surface area contributed by atoms with Gasteiger partial charge in [0.1, 0.15) is 5.82 Å². The molecule has 2 aliphatic carbocycles. The molecule has 2 saturated carbocycles. The molecule has 0 radical (unpaired) electrons. The summed E-state index contributed by atoms with van der Waals surface area (Å²) in [5, 5.41) is 12.9. The van der Waals surface area contributed by atoms with Crippen LogP contribution in [0.25, 0.3) is 0 Å². The minimum Gasteiger partial charge on any atom is -0.391 e. The number of aliphatic hydroxyl groups excluding tert-OH is 1. The van der Waals surface area contributed by atoms with Gasteiger partial charge in [-0.1, -0.05) is 31.0 Å². The summed E-state index contributed by atoms with van der Waals surface area (Å²) in [6.45, 7) is 0. The predicted molar refractivity (Wildman–Crippen MR) is 73.7 cm³/mol. The highest BCUT2D eigenvalue weighted by Crippen LogP contribution is 2.49. The monoisotopic (exact) mass is 277 g/mol. The number of carbonyl (C=O) groups excluding carboxylic acids is 1. The third kappa shape index (κ3) is 2.33. The summed E-state index contributed by atoms with van der Waals surface area (Å²) < 4.78 is 13.9. The van der Waals surface area contributed by atoms with Crippen LogP contribution in [-0.4, -0.2) is 23.2 Å². The fourth-order valence-corrected chi connectivity index (χ4v) is 3.18. The standard InChI is InChI=1S/C16H20FNO2/c17-12-6-2-1-5-11(12)16(9-10-16)15(20)18-13-7-3-4-8-14(13)19/h1-2,5-6,13-14,19H,3-4,7-10H2,(H,18,20). The molecule has 0 heterocycles. The van der Waals surface area contributed by atoms with Crippen molar-refractivity contribution in [3.8, 4) is 0 Å². The molecule has 4 heteroatoms. The Labute approximate surface area is 118 Å². The Hall–Kier alpha value is -1.42. The van der Waals surface area contributed by atoms with Gasteiger partial charge in [0.25, 0.3) is 0 Å². The average molecular weight is 277 g/mol. The Bertz CT molecular complexity index is 513. The second-order valence-electron chi connectivity index (χ2n) is 5.99. The molecule has 0 spiro atoms. The summed E-state index contributed by atoms with van der Waals surface area (Å²) in [6, 6.07) is 6.32. The number of carbonyl (C=O) groups is 1. The number of aliphatic hydroxyl groups is 1. The zero-order valence-corrected chi connectivity index (χ0v) is 11.4. The van der Waals surface area contributed by atoms with Crippen LogP contribution >= 0.6 is 0 Å². The largest absolute Gasteiger partial charge is 0.391 e. The fraction of sp³-hybridized carbons (Fsp3) is 0.562. The summed E-state index contributed by atoms with van der Waals surface area (Å²) in [5.74, 6) is -0.446. The number of halogens is 1. The molecule has 20 heavy (non-hydrogen) atoms. The third-order valence-electron chi connectivity index (χ3n) is 4.62. The molecule has 2 fully saturated rings. The van der Waals surface area contributed by atoms with Crippen LogP contribution in [0.4, 0.5) is 4.39 Å². The Kier molecular flexibility index (Phi) is 3.50. The first-order valence-electron chi connectivity index (χ1n) is 7.37. The van der Waals surface area contributed by atoms with Crippen LogP contribution in [0.3, 0.4) is 0 Å². The molecule has 1 aromatic rings. The predicted octanol–water partition coefficient (Wildman–Crippen LogP) is 2.28. The highest BCUT2D eigenvalue weighted by molar-refractivity contribution is 5.91. The first-order chi connectivity index (χ1) is 9.63. The highest BCUT2D eigenvalue weighted by atomic mass is 19.1. The normalized spacial score (nSPS) is 27.9. The van der Waals surface area contributed by atoms with E-state index in [1.54, 1.807) is 18.2 Å². The quantitative estimate of drug-likeness (QED) is 0.890. The Balaban J connectivity index is 1.75. The van der Waals surface area contributed by atoms with Crippen molar-refractivity contribution in [3.05, 3.63) is 35.6 Å². The molecule has 1 aromatic carbocycles. The van der Waals surface area contributed by atoms with Crippen molar-refractivity contribution >= 4 is 5.91 Å². The van der Waals surface area contributed by atoms with E-state index in [0.717, 1.165) is 25.7 Å². The van der Waals surface area contributed by atoms with Gasteiger partial charge in [-0.15, -0.1) is 0 Å². The van der Waals surface area contributed by atoms with Crippen molar-refractivity contribution in [3.63, 3.8) is 0 Å². The first kappa shape index (κ1) is 13.6. The van der Waals surface area contributed by atoms with E-state index in [-0.39, 0.29) is 17.8 Å². The molecule has 0 bridgehead atoms. The summed E-state index contributed by atoms with van der Waals surface area (Å²) in [4.78, 5) is 12.5. The van der Waals surface area contributed by atoms with Gasteiger partial charge >= 0.3 is 0 Å². The number of hydrogen-bond acceptors (Lipinski definition) is 2. The van der Waals surface area contributed by atoms with Crippen LogP contribution < -0.4 is 5.32 Å². The zero-order chi connectivity index (χ0) is 14.2. The van der Waals surface area contributed by atoms with E-state index in [1.807, 2.05) is 0 Å². The fourth-order valence-electron chi connectivity index (χ4n) is 3.18. The summed E-state index contributed by atoms with van der Waals surface area (Å²) in [6.07, 6.45) is 4.47. The van der Waals surface area contributed by atoms with Crippen LogP contribution in [-0.2, 0) is 10.2 Å². The number of amides is 1. The van der Waals surface area contributed by atoms with Gasteiger partial charge in [0, 0.05) is 5.56 Å². The molecule has 1 amide bonds. The number of benzene rings is 1. The molecular weight excluding hydrogens is 257 g/mol. The number of hydrogen-bond donors (Lipinski definition) is 2. The second kappa shape index (κ2) is 5.17. The Morgan fingerprint density at radius 3 is 2.60 bits per heavy atom. The lowest BCUT2D eigenvalue weighted by Gasteiger charge is -2.30. The van der Waals surface area contributed by atoms with Gasteiger partial charge in [-0.25, -0.2) is 4.39 Å².